The smallest absolute Gasteiger partial charge is 0.344 e. The lowest BCUT2D eigenvalue weighted by Gasteiger charge is -2.09. The third kappa shape index (κ3) is 4.94. The fourth-order valence-electron chi connectivity index (χ4n) is 2.72. The number of aliphatic carboxylic acids is 1. The van der Waals surface area contributed by atoms with Gasteiger partial charge in [0.05, 0.1) is 12.6 Å². The second kappa shape index (κ2) is 8.81. The molecule has 3 rings (SSSR count). The normalized spacial score (nSPS) is 12.0. The van der Waals surface area contributed by atoms with E-state index in [-0.39, 0.29) is 12.3 Å². The number of rotatable bonds is 7. The van der Waals surface area contributed by atoms with Gasteiger partial charge in [0.25, 0.3) is 0 Å². The highest BCUT2D eigenvalue weighted by Gasteiger charge is 2.11. The molecule has 142 valence electrons. The zero-order valence-corrected chi connectivity index (χ0v) is 15.3. The van der Waals surface area contributed by atoms with Gasteiger partial charge in [-0.3, -0.25) is 4.79 Å². The van der Waals surface area contributed by atoms with E-state index in [1.54, 1.807) is 24.3 Å². The number of carbonyl (C=O) groups is 2. The Morgan fingerprint density at radius 2 is 1.79 bits per heavy atom. The maximum absolute atomic E-state index is 12.2. The van der Waals surface area contributed by atoms with Crippen molar-refractivity contribution < 1.29 is 19.4 Å². The van der Waals surface area contributed by atoms with Crippen molar-refractivity contribution in [2.24, 2.45) is 5.10 Å². The Kier molecular flexibility index (Phi) is 6.01. The van der Waals surface area contributed by atoms with Crippen LogP contribution < -0.4 is 10.2 Å². The highest BCUT2D eigenvalue weighted by Crippen LogP contribution is 2.18. The number of carboxylic acid groups (broad SMARTS) is 1. The molecule has 0 saturated heterocycles. The summed E-state index contributed by atoms with van der Waals surface area (Å²) >= 11 is 0. The van der Waals surface area contributed by atoms with Crippen LogP contribution in [0, 0.1) is 0 Å². The predicted octanol–water partition coefficient (Wildman–Crippen LogP) is 3.38. The number of hydrazone groups is 1. The van der Waals surface area contributed by atoms with E-state index in [0.717, 1.165) is 21.9 Å². The third-order valence-corrected chi connectivity index (χ3v) is 4.17. The van der Waals surface area contributed by atoms with Gasteiger partial charge in [-0.2, -0.15) is 5.10 Å². The molecule has 0 radical (unpaired) electrons. The van der Waals surface area contributed by atoms with Gasteiger partial charge >= 0.3 is 5.97 Å². The van der Waals surface area contributed by atoms with Crippen LogP contribution in [0.4, 0.5) is 0 Å². The number of carbonyl (C=O) groups excluding carboxylic acids is 1. The Labute approximate surface area is 162 Å². The molecule has 0 aliphatic rings. The van der Waals surface area contributed by atoms with Crippen LogP contribution in [0.15, 0.2) is 71.8 Å². The highest BCUT2D eigenvalue weighted by atomic mass is 16.5. The van der Waals surface area contributed by atoms with Gasteiger partial charge < -0.3 is 9.84 Å². The molecule has 3 aromatic carbocycles. The molecule has 0 aliphatic carbocycles. The Balaban J connectivity index is 1.57. The van der Waals surface area contributed by atoms with Crippen molar-refractivity contribution in [1.82, 2.24) is 5.43 Å². The summed E-state index contributed by atoms with van der Waals surface area (Å²) < 4.78 is 5.26. The molecule has 0 heterocycles. The van der Waals surface area contributed by atoms with Crippen LogP contribution in [-0.2, 0) is 16.0 Å². The lowest BCUT2D eigenvalue weighted by atomic mass is 10.0. The van der Waals surface area contributed by atoms with Crippen LogP contribution in [0.1, 0.15) is 18.1 Å². The SMILES string of the molecule is C[C@H](Oc1ccc(/C=N\NC(=O)Cc2cccc3ccccc23)cc1)C(=O)O. The summed E-state index contributed by atoms with van der Waals surface area (Å²) in [4.78, 5) is 23.0. The number of nitrogens with zero attached hydrogens (tertiary/aromatic N) is 1. The van der Waals surface area contributed by atoms with E-state index in [2.05, 4.69) is 10.5 Å². The van der Waals surface area contributed by atoms with Crippen LogP contribution >= 0.6 is 0 Å². The topological polar surface area (TPSA) is 88.0 Å². The molecule has 0 spiro atoms. The second-order valence-corrected chi connectivity index (χ2v) is 6.28. The molecule has 28 heavy (non-hydrogen) atoms. The Hall–Kier alpha value is -3.67. The quantitative estimate of drug-likeness (QED) is 0.489. The molecule has 6 nitrogen and oxygen atoms in total. The first-order valence-corrected chi connectivity index (χ1v) is 8.81. The first kappa shape index (κ1) is 19.1. The molecule has 0 aromatic heterocycles. The first-order valence-electron chi connectivity index (χ1n) is 8.81. The molecule has 0 aliphatic heterocycles. The molecular formula is C22H20N2O4. The van der Waals surface area contributed by atoms with Gasteiger partial charge in [0, 0.05) is 0 Å². The predicted molar refractivity (Wildman–Crippen MR) is 108 cm³/mol. The van der Waals surface area contributed by atoms with Crippen LogP contribution in [0.3, 0.4) is 0 Å². The van der Waals surface area contributed by atoms with E-state index in [9.17, 15) is 9.59 Å². The fourth-order valence-corrected chi connectivity index (χ4v) is 2.72. The minimum absolute atomic E-state index is 0.206. The van der Waals surface area contributed by atoms with E-state index in [0.29, 0.717) is 5.75 Å². The van der Waals surface area contributed by atoms with E-state index in [4.69, 9.17) is 9.84 Å². The maximum atomic E-state index is 12.2. The van der Waals surface area contributed by atoms with Gasteiger partial charge in [-0.05, 0) is 53.1 Å². The van der Waals surface area contributed by atoms with Crippen molar-refractivity contribution in [3.8, 4) is 5.75 Å². The lowest BCUT2D eigenvalue weighted by molar-refractivity contribution is -0.144. The van der Waals surface area contributed by atoms with Crippen LogP contribution in [0.2, 0.25) is 0 Å². The van der Waals surface area contributed by atoms with Crippen LogP contribution in [0.5, 0.6) is 5.75 Å². The summed E-state index contributed by atoms with van der Waals surface area (Å²) in [5.41, 5.74) is 4.22. The average molecular weight is 376 g/mol. The second-order valence-electron chi connectivity index (χ2n) is 6.28. The van der Waals surface area contributed by atoms with Gasteiger partial charge in [0.2, 0.25) is 5.91 Å². The van der Waals surface area contributed by atoms with E-state index in [1.165, 1.54) is 13.1 Å². The molecule has 6 heteroatoms. The van der Waals surface area contributed by atoms with E-state index in [1.807, 2.05) is 42.5 Å². The van der Waals surface area contributed by atoms with E-state index < -0.39 is 12.1 Å². The molecule has 1 amide bonds. The van der Waals surface area contributed by atoms with Gasteiger partial charge in [-0.1, -0.05) is 42.5 Å². The molecule has 2 N–H and O–H groups in total. The number of benzene rings is 3. The van der Waals surface area contributed by atoms with Crippen LogP contribution in [-0.4, -0.2) is 29.3 Å². The Morgan fingerprint density at radius 1 is 1.07 bits per heavy atom. The molecular weight excluding hydrogens is 356 g/mol. The molecule has 3 aromatic rings. The van der Waals surface area contributed by atoms with Crippen molar-refractivity contribution in [1.29, 1.82) is 0 Å². The zero-order valence-electron chi connectivity index (χ0n) is 15.3. The van der Waals surface area contributed by atoms with Gasteiger partial charge in [0.15, 0.2) is 6.10 Å². The molecule has 0 bridgehead atoms. The number of ether oxygens (including phenoxy) is 1. The van der Waals surface area contributed by atoms with Gasteiger partial charge in [0.1, 0.15) is 5.75 Å². The third-order valence-electron chi connectivity index (χ3n) is 4.17. The van der Waals surface area contributed by atoms with Crippen molar-refractivity contribution in [2.75, 3.05) is 0 Å². The zero-order chi connectivity index (χ0) is 19.9. The number of nitrogens with one attached hydrogen (secondary N) is 1. The number of amides is 1. The molecule has 0 unspecified atom stereocenters. The Morgan fingerprint density at radius 3 is 2.54 bits per heavy atom. The molecule has 1 atom stereocenters. The van der Waals surface area contributed by atoms with Crippen molar-refractivity contribution >= 4 is 28.9 Å². The summed E-state index contributed by atoms with van der Waals surface area (Å²) in [5, 5.41) is 15.0. The minimum atomic E-state index is -1.03. The monoisotopic (exact) mass is 376 g/mol. The Bertz CT molecular complexity index is 1010. The van der Waals surface area contributed by atoms with E-state index >= 15 is 0 Å². The number of hydrogen-bond donors (Lipinski definition) is 2. The lowest BCUT2D eigenvalue weighted by Crippen LogP contribution is -2.22. The largest absolute Gasteiger partial charge is 0.479 e. The van der Waals surface area contributed by atoms with Crippen molar-refractivity contribution in [3.05, 3.63) is 77.9 Å². The minimum Gasteiger partial charge on any atom is -0.479 e. The van der Waals surface area contributed by atoms with Crippen molar-refractivity contribution in [3.63, 3.8) is 0 Å². The van der Waals surface area contributed by atoms with Gasteiger partial charge in [-0.15, -0.1) is 0 Å². The standard InChI is InChI=1S/C22H20N2O4/c1-15(22(26)27)28-19-11-9-16(10-12-19)14-23-24-21(25)13-18-7-4-6-17-5-2-3-8-20(17)18/h2-12,14-15H,13H2,1H3,(H,24,25)(H,26,27)/b23-14-/t15-/m0/s1. The summed E-state index contributed by atoms with van der Waals surface area (Å²) in [6.45, 7) is 1.46. The van der Waals surface area contributed by atoms with Crippen LogP contribution in [0.25, 0.3) is 10.8 Å². The van der Waals surface area contributed by atoms with Crippen molar-refractivity contribution in [2.45, 2.75) is 19.4 Å². The average Bonchev–Trinajstić information content (AvgIpc) is 2.69. The number of fused-ring (bicyclic) bond motifs is 1. The fraction of sp³-hybridized carbons (Fsp3) is 0.136. The highest BCUT2D eigenvalue weighted by molar-refractivity contribution is 5.90. The maximum Gasteiger partial charge on any atom is 0.344 e. The summed E-state index contributed by atoms with van der Waals surface area (Å²) in [6.07, 6.45) is 0.831. The summed E-state index contributed by atoms with van der Waals surface area (Å²) in [7, 11) is 0. The first-order chi connectivity index (χ1) is 13.5. The molecule has 0 fully saturated rings. The summed E-state index contributed by atoms with van der Waals surface area (Å²) in [5.74, 6) is -0.783. The van der Waals surface area contributed by atoms with Gasteiger partial charge in [-0.25, -0.2) is 10.2 Å². The number of carboxylic acids is 1. The molecule has 0 saturated carbocycles. The number of hydrogen-bond acceptors (Lipinski definition) is 4. The summed E-state index contributed by atoms with van der Waals surface area (Å²) in [6, 6.07) is 20.6.